The van der Waals surface area contributed by atoms with Crippen molar-refractivity contribution in [3.8, 4) is 11.1 Å². The molecule has 1 heterocycles. The summed E-state index contributed by atoms with van der Waals surface area (Å²) >= 11 is 1.73. The lowest BCUT2D eigenvalue weighted by molar-refractivity contribution is -0.147. The second-order valence-corrected chi connectivity index (χ2v) is 6.78. The van der Waals surface area contributed by atoms with Crippen molar-refractivity contribution in [1.82, 2.24) is 5.32 Å². The summed E-state index contributed by atoms with van der Waals surface area (Å²) in [5, 5.41) is 14.5. The van der Waals surface area contributed by atoms with Crippen LogP contribution in [0, 0.1) is 5.41 Å². The van der Waals surface area contributed by atoms with E-state index >= 15 is 0 Å². The third-order valence-corrected chi connectivity index (χ3v) is 4.50. The van der Waals surface area contributed by atoms with E-state index in [1.807, 2.05) is 18.2 Å². The van der Waals surface area contributed by atoms with Gasteiger partial charge in [0.1, 0.15) is 0 Å². The fourth-order valence-electron chi connectivity index (χ4n) is 1.97. The van der Waals surface area contributed by atoms with E-state index in [2.05, 4.69) is 28.9 Å². The van der Waals surface area contributed by atoms with Gasteiger partial charge in [0, 0.05) is 11.4 Å². The first-order valence-electron chi connectivity index (χ1n) is 7.06. The number of hydrogen-bond acceptors (Lipinski definition) is 3. The number of benzene rings is 1. The van der Waals surface area contributed by atoms with Crippen molar-refractivity contribution in [1.29, 1.82) is 0 Å². The van der Waals surface area contributed by atoms with Gasteiger partial charge in [0.15, 0.2) is 0 Å². The van der Waals surface area contributed by atoms with E-state index < -0.39 is 11.4 Å². The molecule has 0 saturated heterocycles. The molecule has 0 saturated carbocycles. The minimum atomic E-state index is -0.744. The molecule has 0 radical (unpaired) electrons. The standard InChI is InChI=1S/C17H21NO2S/c1-17(2,16(19)20)8-9-18-11-15-10-14(12-21-15)13-6-4-3-5-7-13/h3-7,10,12,18H,8-9,11H2,1-2H3,(H,19,20). The SMILES string of the molecule is CC(C)(CCNCc1cc(-c2ccccc2)cs1)C(=O)O. The molecule has 2 aromatic rings. The Morgan fingerprint density at radius 1 is 1.24 bits per heavy atom. The van der Waals surface area contributed by atoms with Crippen LogP contribution in [0.4, 0.5) is 0 Å². The molecule has 0 bridgehead atoms. The molecule has 3 nitrogen and oxygen atoms in total. The third-order valence-electron chi connectivity index (χ3n) is 3.57. The van der Waals surface area contributed by atoms with E-state index in [1.165, 1.54) is 16.0 Å². The Labute approximate surface area is 129 Å². The van der Waals surface area contributed by atoms with Gasteiger partial charge in [-0.1, -0.05) is 30.3 Å². The second-order valence-electron chi connectivity index (χ2n) is 5.78. The summed E-state index contributed by atoms with van der Waals surface area (Å²) in [4.78, 5) is 12.3. The van der Waals surface area contributed by atoms with Crippen LogP contribution in [0.1, 0.15) is 25.1 Å². The van der Waals surface area contributed by atoms with Gasteiger partial charge in [0.05, 0.1) is 5.41 Å². The lowest BCUT2D eigenvalue weighted by atomic mass is 9.90. The fourth-order valence-corrected chi connectivity index (χ4v) is 2.84. The van der Waals surface area contributed by atoms with Crippen molar-refractivity contribution in [2.45, 2.75) is 26.8 Å². The average molecular weight is 303 g/mol. The van der Waals surface area contributed by atoms with Gasteiger partial charge in [-0.25, -0.2) is 0 Å². The monoisotopic (exact) mass is 303 g/mol. The predicted molar refractivity (Wildman–Crippen MR) is 87.5 cm³/mol. The van der Waals surface area contributed by atoms with Gasteiger partial charge in [-0.05, 0) is 49.4 Å². The van der Waals surface area contributed by atoms with E-state index in [9.17, 15) is 4.79 Å². The van der Waals surface area contributed by atoms with Crippen molar-refractivity contribution in [2.75, 3.05) is 6.54 Å². The number of aliphatic carboxylic acids is 1. The molecular weight excluding hydrogens is 282 g/mol. The minimum Gasteiger partial charge on any atom is -0.481 e. The Kier molecular flexibility index (Phi) is 5.15. The minimum absolute atomic E-state index is 0.624. The van der Waals surface area contributed by atoms with Crippen LogP contribution in [0.15, 0.2) is 41.8 Å². The first-order chi connectivity index (χ1) is 9.99. The summed E-state index contributed by atoms with van der Waals surface area (Å²) in [6, 6.07) is 12.5. The Morgan fingerprint density at radius 3 is 2.62 bits per heavy atom. The van der Waals surface area contributed by atoms with Crippen LogP contribution >= 0.6 is 11.3 Å². The molecule has 0 fully saturated rings. The molecule has 0 aliphatic heterocycles. The number of carboxylic acid groups (broad SMARTS) is 1. The molecule has 0 aliphatic rings. The summed E-state index contributed by atoms with van der Waals surface area (Å²) in [5.41, 5.74) is 1.80. The summed E-state index contributed by atoms with van der Waals surface area (Å²) < 4.78 is 0. The van der Waals surface area contributed by atoms with Crippen LogP contribution in [0.25, 0.3) is 11.1 Å². The number of carbonyl (C=O) groups is 1. The highest BCUT2D eigenvalue weighted by molar-refractivity contribution is 7.10. The average Bonchev–Trinajstić information content (AvgIpc) is 2.93. The van der Waals surface area contributed by atoms with Crippen molar-refractivity contribution >= 4 is 17.3 Å². The highest BCUT2D eigenvalue weighted by Gasteiger charge is 2.26. The maximum atomic E-state index is 11.0. The zero-order valence-corrected chi connectivity index (χ0v) is 13.2. The van der Waals surface area contributed by atoms with Gasteiger partial charge >= 0.3 is 5.97 Å². The Hall–Kier alpha value is -1.65. The highest BCUT2D eigenvalue weighted by atomic mass is 32.1. The van der Waals surface area contributed by atoms with E-state index in [0.29, 0.717) is 13.0 Å². The molecule has 0 amide bonds. The van der Waals surface area contributed by atoms with Crippen LogP contribution in [0.5, 0.6) is 0 Å². The maximum Gasteiger partial charge on any atom is 0.309 e. The molecule has 4 heteroatoms. The largest absolute Gasteiger partial charge is 0.481 e. The molecular formula is C17H21NO2S. The van der Waals surface area contributed by atoms with Crippen molar-refractivity contribution < 1.29 is 9.90 Å². The molecule has 0 unspecified atom stereocenters. The summed E-state index contributed by atoms with van der Waals surface area (Å²) in [6.45, 7) is 5.01. The number of rotatable bonds is 7. The fraction of sp³-hybridized carbons (Fsp3) is 0.353. The van der Waals surface area contributed by atoms with E-state index in [-0.39, 0.29) is 0 Å². The molecule has 2 rings (SSSR count). The van der Waals surface area contributed by atoms with Crippen molar-refractivity contribution in [3.05, 3.63) is 46.7 Å². The first kappa shape index (κ1) is 15.7. The third kappa shape index (κ3) is 4.41. The van der Waals surface area contributed by atoms with Gasteiger partial charge in [-0.3, -0.25) is 4.79 Å². The molecule has 1 aromatic carbocycles. The van der Waals surface area contributed by atoms with Crippen LogP contribution in [0.2, 0.25) is 0 Å². The highest BCUT2D eigenvalue weighted by Crippen LogP contribution is 2.25. The van der Waals surface area contributed by atoms with Gasteiger partial charge < -0.3 is 10.4 Å². The summed E-state index contributed by atoms with van der Waals surface area (Å²) in [6.07, 6.45) is 0.624. The van der Waals surface area contributed by atoms with Crippen molar-refractivity contribution in [2.24, 2.45) is 5.41 Å². The van der Waals surface area contributed by atoms with Gasteiger partial charge in [0.2, 0.25) is 0 Å². The molecule has 2 N–H and O–H groups in total. The second kappa shape index (κ2) is 6.87. The quantitative estimate of drug-likeness (QED) is 0.760. The smallest absolute Gasteiger partial charge is 0.309 e. The van der Waals surface area contributed by atoms with Crippen LogP contribution in [0.3, 0.4) is 0 Å². The number of hydrogen-bond donors (Lipinski definition) is 2. The lowest BCUT2D eigenvalue weighted by Crippen LogP contribution is -2.28. The topological polar surface area (TPSA) is 49.3 Å². The van der Waals surface area contributed by atoms with Gasteiger partial charge in [-0.2, -0.15) is 0 Å². The van der Waals surface area contributed by atoms with E-state index in [4.69, 9.17) is 5.11 Å². The van der Waals surface area contributed by atoms with Crippen molar-refractivity contribution in [3.63, 3.8) is 0 Å². The lowest BCUT2D eigenvalue weighted by Gasteiger charge is -2.18. The Balaban J connectivity index is 1.83. The summed E-state index contributed by atoms with van der Waals surface area (Å²) in [7, 11) is 0. The zero-order valence-electron chi connectivity index (χ0n) is 12.4. The van der Waals surface area contributed by atoms with Crippen LogP contribution < -0.4 is 5.32 Å². The first-order valence-corrected chi connectivity index (χ1v) is 7.94. The molecule has 112 valence electrons. The molecule has 0 spiro atoms. The van der Waals surface area contributed by atoms with E-state index in [1.54, 1.807) is 25.2 Å². The predicted octanol–water partition coefficient (Wildman–Crippen LogP) is 4.01. The normalized spacial score (nSPS) is 11.5. The Bertz CT molecular complexity index is 590. The van der Waals surface area contributed by atoms with Crippen LogP contribution in [-0.4, -0.2) is 17.6 Å². The van der Waals surface area contributed by atoms with E-state index in [0.717, 1.165) is 6.54 Å². The number of carboxylic acids is 1. The number of nitrogens with one attached hydrogen (secondary N) is 1. The molecule has 0 atom stereocenters. The van der Waals surface area contributed by atoms with Crippen LogP contribution in [-0.2, 0) is 11.3 Å². The van der Waals surface area contributed by atoms with Gasteiger partial charge in [-0.15, -0.1) is 11.3 Å². The Morgan fingerprint density at radius 2 is 1.95 bits per heavy atom. The zero-order chi connectivity index (χ0) is 15.3. The maximum absolute atomic E-state index is 11.0. The summed E-state index contributed by atoms with van der Waals surface area (Å²) in [5.74, 6) is -0.744. The van der Waals surface area contributed by atoms with Gasteiger partial charge in [0.25, 0.3) is 0 Å². The molecule has 21 heavy (non-hydrogen) atoms. The molecule has 1 aromatic heterocycles. The molecule has 0 aliphatic carbocycles. The number of thiophene rings is 1.